The van der Waals surface area contributed by atoms with E-state index in [0.717, 1.165) is 29.6 Å². The molecule has 1 aromatic rings. The molecule has 0 aliphatic heterocycles. The van der Waals surface area contributed by atoms with E-state index in [0.29, 0.717) is 6.04 Å². The number of halogens is 1. The summed E-state index contributed by atoms with van der Waals surface area (Å²) in [4.78, 5) is 0. The lowest BCUT2D eigenvalue weighted by Gasteiger charge is -2.21. The summed E-state index contributed by atoms with van der Waals surface area (Å²) in [6, 6.07) is 6.75. The Morgan fingerprint density at radius 3 is 2.65 bits per heavy atom. The van der Waals surface area contributed by atoms with Crippen LogP contribution in [0.3, 0.4) is 0 Å². The van der Waals surface area contributed by atoms with E-state index in [4.69, 9.17) is 4.74 Å². The van der Waals surface area contributed by atoms with Crippen molar-refractivity contribution >= 4 is 15.9 Å². The van der Waals surface area contributed by atoms with Crippen LogP contribution in [0.4, 0.5) is 0 Å². The van der Waals surface area contributed by atoms with E-state index in [-0.39, 0.29) is 5.60 Å². The molecule has 0 spiro atoms. The van der Waals surface area contributed by atoms with Gasteiger partial charge in [-0.25, -0.2) is 0 Å². The highest BCUT2D eigenvalue weighted by Crippen LogP contribution is 2.41. The van der Waals surface area contributed by atoms with Gasteiger partial charge in [0, 0.05) is 12.6 Å². The molecule has 0 bridgehead atoms. The van der Waals surface area contributed by atoms with Crippen LogP contribution in [0.2, 0.25) is 0 Å². The molecular weight excluding hydrogens is 278 g/mol. The van der Waals surface area contributed by atoms with Crippen LogP contribution in [-0.4, -0.2) is 18.2 Å². The van der Waals surface area contributed by atoms with E-state index < -0.39 is 0 Å². The van der Waals surface area contributed by atoms with Crippen molar-refractivity contribution in [3.8, 4) is 5.75 Å². The minimum atomic E-state index is 0.0298. The maximum absolute atomic E-state index is 6.14. The van der Waals surface area contributed by atoms with Crippen LogP contribution >= 0.6 is 15.9 Å². The Kier molecular flexibility index (Phi) is 3.79. The van der Waals surface area contributed by atoms with Gasteiger partial charge in [0.2, 0.25) is 0 Å². The van der Waals surface area contributed by atoms with Crippen molar-refractivity contribution in [1.29, 1.82) is 0 Å². The fraction of sp³-hybridized carbons (Fsp3) is 0.571. The molecule has 1 aliphatic carbocycles. The third-order valence-corrected chi connectivity index (χ3v) is 3.67. The van der Waals surface area contributed by atoms with Gasteiger partial charge in [-0.2, -0.15) is 0 Å². The molecule has 2 rings (SSSR count). The van der Waals surface area contributed by atoms with Gasteiger partial charge >= 0.3 is 0 Å². The van der Waals surface area contributed by atoms with Gasteiger partial charge < -0.3 is 10.1 Å². The fourth-order valence-corrected chi connectivity index (χ4v) is 2.34. The van der Waals surface area contributed by atoms with E-state index in [1.54, 1.807) is 0 Å². The van der Waals surface area contributed by atoms with Gasteiger partial charge in [-0.05, 0) is 53.4 Å². The SMILES string of the molecule is Cc1ccc(OC2(CNC(C)C)CC2)c(Br)c1. The van der Waals surface area contributed by atoms with Crippen LogP contribution in [0.25, 0.3) is 0 Å². The third-order valence-electron chi connectivity index (χ3n) is 3.05. The highest BCUT2D eigenvalue weighted by Gasteiger charge is 2.45. The largest absolute Gasteiger partial charge is 0.485 e. The lowest BCUT2D eigenvalue weighted by atomic mass is 10.2. The van der Waals surface area contributed by atoms with Gasteiger partial charge in [0.25, 0.3) is 0 Å². The smallest absolute Gasteiger partial charge is 0.134 e. The molecule has 0 saturated heterocycles. The minimum Gasteiger partial charge on any atom is -0.485 e. The topological polar surface area (TPSA) is 21.3 Å². The van der Waals surface area contributed by atoms with Crippen molar-refractivity contribution in [3.05, 3.63) is 28.2 Å². The first-order valence-corrected chi connectivity index (χ1v) is 6.99. The molecule has 0 radical (unpaired) electrons. The number of hydrogen-bond acceptors (Lipinski definition) is 2. The van der Waals surface area contributed by atoms with Crippen molar-refractivity contribution in [1.82, 2.24) is 5.32 Å². The molecule has 17 heavy (non-hydrogen) atoms. The molecule has 3 heteroatoms. The lowest BCUT2D eigenvalue weighted by molar-refractivity contribution is 0.171. The second-order valence-electron chi connectivity index (χ2n) is 5.25. The second kappa shape index (κ2) is 4.99. The normalized spacial score (nSPS) is 17.2. The highest BCUT2D eigenvalue weighted by atomic mass is 79.9. The molecule has 1 saturated carbocycles. The van der Waals surface area contributed by atoms with Crippen LogP contribution < -0.4 is 10.1 Å². The number of rotatable bonds is 5. The van der Waals surface area contributed by atoms with E-state index in [1.807, 2.05) is 0 Å². The fourth-order valence-electron chi connectivity index (χ4n) is 1.77. The summed E-state index contributed by atoms with van der Waals surface area (Å²) in [5.74, 6) is 0.957. The van der Waals surface area contributed by atoms with Gasteiger partial charge in [-0.1, -0.05) is 19.9 Å². The number of ether oxygens (including phenoxy) is 1. The molecule has 1 aromatic carbocycles. The molecule has 0 amide bonds. The van der Waals surface area contributed by atoms with Crippen LogP contribution in [0, 0.1) is 6.92 Å². The van der Waals surface area contributed by atoms with Crippen molar-refractivity contribution in [2.45, 2.75) is 45.3 Å². The van der Waals surface area contributed by atoms with Gasteiger partial charge in [0.05, 0.1) is 4.47 Å². The van der Waals surface area contributed by atoms with E-state index in [1.165, 1.54) is 5.56 Å². The van der Waals surface area contributed by atoms with E-state index >= 15 is 0 Å². The molecule has 1 N–H and O–H groups in total. The Bertz CT molecular complexity index is 399. The van der Waals surface area contributed by atoms with Crippen molar-refractivity contribution in [2.75, 3.05) is 6.54 Å². The molecule has 0 atom stereocenters. The maximum atomic E-state index is 6.14. The summed E-state index contributed by atoms with van der Waals surface area (Å²) < 4.78 is 7.19. The Hall–Kier alpha value is -0.540. The Balaban J connectivity index is 2.00. The van der Waals surface area contributed by atoms with Crippen LogP contribution in [0.1, 0.15) is 32.3 Å². The Morgan fingerprint density at radius 2 is 2.12 bits per heavy atom. The zero-order chi connectivity index (χ0) is 12.5. The van der Waals surface area contributed by atoms with Crippen molar-refractivity contribution in [2.24, 2.45) is 0 Å². The molecule has 0 heterocycles. The lowest BCUT2D eigenvalue weighted by Crippen LogP contribution is -2.37. The van der Waals surface area contributed by atoms with Crippen LogP contribution in [0.5, 0.6) is 5.75 Å². The standard InChI is InChI=1S/C14H20BrNO/c1-10(2)16-9-14(6-7-14)17-13-5-4-11(3)8-12(13)15/h4-5,8,10,16H,6-7,9H2,1-3H3. The molecule has 0 unspecified atom stereocenters. The predicted octanol–water partition coefficient (Wildman–Crippen LogP) is 3.67. The van der Waals surface area contributed by atoms with Crippen molar-refractivity contribution < 1.29 is 4.74 Å². The van der Waals surface area contributed by atoms with E-state index in [9.17, 15) is 0 Å². The van der Waals surface area contributed by atoms with Crippen molar-refractivity contribution in [3.63, 3.8) is 0 Å². The number of aryl methyl sites for hydroxylation is 1. The summed E-state index contributed by atoms with van der Waals surface area (Å²) in [6.07, 6.45) is 2.29. The summed E-state index contributed by atoms with van der Waals surface area (Å²) >= 11 is 3.56. The van der Waals surface area contributed by atoms with Crippen LogP contribution in [0.15, 0.2) is 22.7 Å². The highest BCUT2D eigenvalue weighted by molar-refractivity contribution is 9.10. The summed E-state index contributed by atoms with van der Waals surface area (Å²) in [7, 11) is 0. The zero-order valence-electron chi connectivity index (χ0n) is 10.7. The van der Waals surface area contributed by atoms with Crippen LogP contribution in [-0.2, 0) is 0 Å². The summed E-state index contributed by atoms with van der Waals surface area (Å²) in [5, 5.41) is 3.46. The molecule has 1 aliphatic rings. The first-order valence-electron chi connectivity index (χ1n) is 6.19. The van der Waals surface area contributed by atoms with Gasteiger partial charge in [0.15, 0.2) is 0 Å². The van der Waals surface area contributed by atoms with E-state index in [2.05, 4.69) is 60.2 Å². The number of hydrogen-bond donors (Lipinski definition) is 1. The monoisotopic (exact) mass is 297 g/mol. The molecule has 94 valence electrons. The first-order chi connectivity index (χ1) is 8.01. The third kappa shape index (κ3) is 3.46. The van der Waals surface area contributed by atoms with Gasteiger partial charge in [-0.15, -0.1) is 0 Å². The quantitative estimate of drug-likeness (QED) is 0.895. The zero-order valence-corrected chi connectivity index (χ0v) is 12.3. The van der Waals surface area contributed by atoms with Gasteiger partial charge in [-0.3, -0.25) is 0 Å². The Labute approximate surface area is 112 Å². The number of nitrogens with one attached hydrogen (secondary N) is 1. The minimum absolute atomic E-state index is 0.0298. The molecule has 0 aromatic heterocycles. The molecular formula is C14H20BrNO. The van der Waals surface area contributed by atoms with Gasteiger partial charge in [0.1, 0.15) is 11.4 Å². The molecule has 2 nitrogen and oxygen atoms in total. The predicted molar refractivity (Wildman–Crippen MR) is 74.6 cm³/mol. The Morgan fingerprint density at radius 1 is 1.41 bits per heavy atom. The number of benzene rings is 1. The first kappa shape index (κ1) is 12.9. The summed E-state index contributed by atoms with van der Waals surface area (Å²) in [6.45, 7) is 7.35. The average molecular weight is 298 g/mol. The summed E-state index contributed by atoms with van der Waals surface area (Å²) in [5.41, 5.74) is 1.27. The second-order valence-corrected chi connectivity index (χ2v) is 6.11. The molecule has 1 fully saturated rings. The maximum Gasteiger partial charge on any atom is 0.134 e. The average Bonchev–Trinajstić information content (AvgIpc) is 3.00.